The van der Waals surface area contributed by atoms with E-state index in [0.717, 1.165) is 128 Å². The first-order chi connectivity index (χ1) is 56.5. The molecule has 5 heterocycles. The predicted octanol–water partition coefficient (Wildman–Crippen LogP) is 22.0. The number of fused-ring (bicyclic) bond motifs is 2. The molecule has 5 aliphatic heterocycles. The molecule has 5 saturated carbocycles. The van der Waals surface area contributed by atoms with Crippen LogP contribution < -0.4 is 5.32 Å². The smallest absolute Gasteiger partial charge is 0.436 e. The number of esters is 7. The molecule has 5 aliphatic carbocycles. The Bertz CT molecular complexity index is 3710. The van der Waals surface area contributed by atoms with Crippen molar-refractivity contribution >= 4 is 47.7 Å². The van der Waals surface area contributed by atoms with Gasteiger partial charge in [0.05, 0.1) is 57.0 Å². The Morgan fingerprint density at radius 1 is 0.541 bits per heavy atom. The Labute approximate surface area is 728 Å². The number of ether oxygens (including phenoxy) is 9. The molecule has 2 aromatic carbocycles. The van der Waals surface area contributed by atoms with Crippen molar-refractivity contribution in [1.29, 1.82) is 0 Å². The van der Waals surface area contributed by atoms with Crippen LogP contribution in [0.5, 0.6) is 17.2 Å². The standard InChI is InChI=1S/C16H30O2.C14H20O4.C13H18O5.C13H22O2.C12H22O2.C11H16O.C10H14O2.C9H14F3NO2/c1-6-13(7-2)16(11-9-10-12-16)18-14(17)15(4,5)8-3;1-4-14(2,3)13(16)18-10-7-5-8-9(6-7)12(15)17-11(8)10;1-4-13(2,3)12(15)18-9-7-5-6-8(16-7)10(9)17-11(6)14;1-5-12(3,4)11(14)15-13(6-2)9-7-8-10-13;1-5-11(2,3)10(13)14-12(4)8-6-7-9-12;1-4-11(2,3)9-5-7-10(12)8-6-9;1-3-7(2)8-4-5-9(11)10(12)6-8;1-4-7(2)5-15-8(3,9(10,11)12)13-6(7)14/h13H,6-12H2,1-5H3;7-11H,4-6H2,1-3H3;6-10H,4-5H2,1-3H3;6H,2,5,7-10H2,1,3-4H3;5-9H2,1-4H3;5-8,12H,4H2,1-3H3;4-7,11-12H,3H2,1-2H3;4-5H2,1-3H3,(H,13,14). The molecule has 2 aromatic rings. The molecule has 0 aromatic heterocycles. The minimum absolute atomic E-state index is 0.00111. The first kappa shape index (κ1) is 106. The summed E-state index contributed by atoms with van der Waals surface area (Å²) in [5.41, 5.74) is -3.59. The van der Waals surface area contributed by atoms with Crippen molar-refractivity contribution in [3.63, 3.8) is 0 Å². The van der Waals surface area contributed by atoms with E-state index in [1.807, 2.05) is 127 Å². The van der Waals surface area contributed by atoms with Gasteiger partial charge in [-0.3, -0.25) is 38.4 Å². The number of nitrogens with one attached hydrogen (secondary N) is 1. The zero-order valence-electron chi connectivity index (χ0n) is 79.1. The summed E-state index contributed by atoms with van der Waals surface area (Å²) >= 11 is 0. The lowest BCUT2D eigenvalue weighted by Gasteiger charge is -2.43. The average molecular weight is 1730 g/mol. The van der Waals surface area contributed by atoms with Crippen LogP contribution in [0.15, 0.2) is 55.1 Å². The van der Waals surface area contributed by atoms with E-state index in [2.05, 4.69) is 68.9 Å². The highest BCUT2D eigenvalue weighted by Crippen LogP contribution is 2.56. The van der Waals surface area contributed by atoms with E-state index in [-0.39, 0.29) is 135 Å². The van der Waals surface area contributed by atoms with Crippen LogP contribution >= 0.6 is 0 Å². The van der Waals surface area contributed by atoms with Crippen molar-refractivity contribution in [3.05, 3.63) is 66.2 Å². The number of alkyl halides is 3. The van der Waals surface area contributed by atoms with Gasteiger partial charge in [-0.15, -0.1) is 0 Å². The van der Waals surface area contributed by atoms with Crippen LogP contribution in [0.25, 0.3) is 0 Å². The molecule has 4 N–H and O–H groups in total. The Balaban J connectivity index is 0.000000249. The number of halogens is 3. The lowest BCUT2D eigenvalue weighted by Crippen LogP contribution is -2.66. The number of aromatic hydroxyl groups is 3. The fourth-order valence-corrected chi connectivity index (χ4v) is 16.3. The molecule has 1 amide bonds. The van der Waals surface area contributed by atoms with Gasteiger partial charge in [-0.05, 0) is 309 Å². The Morgan fingerprint density at radius 2 is 1.00 bits per heavy atom. The van der Waals surface area contributed by atoms with Crippen LogP contribution in [0.1, 0.15) is 358 Å². The zero-order chi connectivity index (χ0) is 92.5. The third kappa shape index (κ3) is 26.1. The molecule has 24 heteroatoms. The quantitative estimate of drug-likeness (QED) is 0.0329. The minimum Gasteiger partial charge on any atom is -0.508 e. The second kappa shape index (κ2) is 43.0. The molecule has 4 bridgehead atoms. The van der Waals surface area contributed by atoms with Crippen molar-refractivity contribution in [1.82, 2.24) is 5.32 Å². The number of phenolic OH excluding ortho intramolecular Hbond substituents is 3. The minimum atomic E-state index is -4.60. The number of phenols is 3. The van der Waals surface area contributed by atoms with Gasteiger partial charge < -0.3 is 63.3 Å². The maximum Gasteiger partial charge on any atom is 0.436 e. The Hall–Kier alpha value is -6.95. The number of hydrogen-bond acceptors (Lipinski definition) is 20. The number of benzene rings is 2. The maximum atomic E-state index is 12.5. The van der Waals surface area contributed by atoms with Gasteiger partial charge in [0, 0.05) is 11.8 Å². The van der Waals surface area contributed by atoms with E-state index in [9.17, 15) is 56.6 Å². The monoisotopic (exact) mass is 1720 g/mol. The van der Waals surface area contributed by atoms with E-state index >= 15 is 0 Å². The van der Waals surface area contributed by atoms with Gasteiger partial charge in [-0.25, -0.2) is 0 Å². The number of carbonyl (C=O) groups is 8. The lowest BCUT2D eigenvalue weighted by atomic mass is 9.81. The van der Waals surface area contributed by atoms with Crippen molar-refractivity contribution < 1.29 is 109 Å². The summed E-state index contributed by atoms with van der Waals surface area (Å²) in [5.74, 6) is 0.315. The first-order valence-corrected chi connectivity index (χ1v) is 45.7. The van der Waals surface area contributed by atoms with E-state index in [1.54, 1.807) is 32.0 Å². The summed E-state index contributed by atoms with van der Waals surface area (Å²) in [6.07, 6.45) is 19.9. The average Bonchev–Trinajstić information content (AvgIpc) is 1.56. The molecule has 10 aliphatic rings. The number of amides is 1. The summed E-state index contributed by atoms with van der Waals surface area (Å²) in [6, 6.07) is 12.4. The zero-order valence-corrected chi connectivity index (χ0v) is 79.1. The molecule has 0 spiro atoms. The molecule has 21 nitrogen and oxygen atoms in total. The van der Waals surface area contributed by atoms with E-state index in [1.165, 1.54) is 37.3 Å². The van der Waals surface area contributed by atoms with E-state index in [0.29, 0.717) is 48.7 Å². The molecule has 5 saturated heterocycles. The third-order valence-electron chi connectivity index (χ3n) is 29.1. The van der Waals surface area contributed by atoms with Gasteiger partial charge in [-0.1, -0.05) is 115 Å². The molecular formula is C98H156F3NO20. The highest BCUT2D eigenvalue weighted by molar-refractivity contribution is 5.84. The third-order valence-corrected chi connectivity index (χ3v) is 29.1. The lowest BCUT2D eigenvalue weighted by molar-refractivity contribution is -0.297. The van der Waals surface area contributed by atoms with Crippen molar-refractivity contribution in [2.45, 2.75) is 417 Å². The molecule has 13 unspecified atom stereocenters. The molecule has 0 radical (unpaired) electrons. The van der Waals surface area contributed by atoms with Gasteiger partial charge in [0.1, 0.15) is 40.9 Å². The van der Waals surface area contributed by atoms with Crippen molar-refractivity contribution in [3.8, 4) is 17.2 Å². The largest absolute Gasteiger partial charge is 0.508 e. The van der Waals surface area contributed by atoms with Crippen LogP contribution in [-0.4, -0.2) is 135 Å². The van der Waals surface area contributed by atoms with Gasteiger partial charge in [0.25, 0.3) is 0 Å². The molecule has 13 atom stereocenters. The molecular weight excluding hydrogens is 1570 g/mol. The maximum absolute atomic E-state index is 12.5. The van der Waals surface area contributed by atoms with Crippen LogP contribution in [-0.2, 0) is 86.4 Å². The summed E-state index contributed by atoms with van der Waals surface area (Å²) < 4.78 is 87.1. The van der Waals surface area contributed by atoms with Crippen LogP contribution in [0.3, 0.4) is 0 Å². The summed E-state index contributed by atoms with van der Waals surface area (Å²) in [4.78, 5) is 95.0. The van der Waals surface area contributed by atoms with Crippen LogP contribution in [0, 0.1) is 62.1 Å². The second-order valence-corrected chi connectivity index (χ2v) is 40.3. The van der Waals surface area contributed by atoms with Gasteiger partial charge in [-0.2, -0.15) is 13.2 Å². The Morgan fingerprint density at radius 3 is 1.45 bits per heavy atom. The molecule has 12 rings (SSSR count). The normalized spacial score (nSPS) is 26.8. The van der Waals surface area contributed by atoms with E-state index < -0.39 is 46.3 Å². The summed E-state index contributed by atoms with van der Waals surface area (Å²) in [7, 11) is 0. The Kier molecular flexibility index (Phi) is 37.2. The predicted molar refractivity (Wildman–Crippen MR) is 465 cm³/mol. The highest BCUT2D eigenvalue weighted by Gasteiger charge is 2.66. The van der Waals surface area contributed by atoms with Crippen LogP contribution in [0.2, 0.25) is 0 Å². The van der Waals surface area contributed by atoms with E-state index in [4.69, 9.17) is 52.8 Å². The SMILES string of the molecule is C=CC1(OC(=O)C(C)(C)CC)CCCC1.CCC(C)(C)C(=O)OC1(C)CCCC1.CCC(C)(C)C(=O)OC1C2CC3C(=O)OC1C3C2.CCC(C)(C)C(=O)OC1C2CC3C(=O)OC1C3O2.CCC(C)(C)c1ccc(O)cc1.CCC(C)c1ccc(O)c(O)c1.CCC(CC)C1(OC(=O)C(C)(C)CC)CCCC1.CCC1(C)COC(C)(C(F)(F)F)NC1=O. The fourth-order valence-electron chi connectivity index (χ4n) is 16.3. The number of rotatable bonds is 24. The second-order valence-electron chi connectivity index (χ2n) is 40.3. The van der Waals surface area contributed by atoms with Crippen LogP contribution in [0.4, 0.5) is 13.2 Å². The first-order valence-electron chi connectivity index (χ1n) is 45.7. The molecule has 122 heavy (non-hydrogen) atoms. The van der Waals surface area contributed by atoms with Gasteiger partial charge in [0.2, 0.25) is 11.6 Å². The van der Waals surface area contributed by atoms with Gasteiger partial charge in [0.15, 0.2) is 23.7 Å². The topological polar surface area (TPSA) is 292 Å². The summed E-state index contributed by atoms with van der Waals surface area (Å²) in [5, 5.41) is 29.2. The molecule has 694 valence electrons. The molecule has 10 fully saturated rings. The van der Waals surface area contributed by atoms with Crippen molar-refractivity contribution in [2.24, 2.45) is 62.1 Å². The number of carbonyl (C=O) groups excluding carboxylic acids is 8. The van der Waals surface area contributed by atoms with Crippen molar-refractivity contribution in [2.75, 3.05) is 6.61 Å². The summed E-state index contributed by atoms with van der Waals surface area (Å²) in [6.45, 7) is 54.2. The highest BCUT2D eigenvalue weighted by atomic mass is 19.4. The van der Waals surface area contributed by atoms with Gasteiger partial charge >= 0.3 is 48.0 Å². The number of hydrogen-bond donors (Lipinski definition) is 4. The fraction of sp³-hybridized carbons (Fsp3) is 0.776.